The third-order valence-corrected chi connectivity index (χ3v) is 2.75. The van der Waals surface area contributed by atoms with Crippen LogP contribution in [0.4, 0.5) is 9.18 Å². The van der Waals surface area contributed by atoms with E-state index in [4.69, 9.17) is 21.5 Å². The van der Waals surface area contributed by atoms with Crippen LogP contribution >= 0.6 is 11.6 Å². The average molecular weight is 317 g/mol. The molecule has 0 fully saturated rings. The Labute approximate surface area is 127 Å². The standard InChI is InChI=1S/C14H18ClFN2O3/c1-14(2,3)21-13(19)18(4)8-9-5-6-10(11(16)7-9)12(15)17-20/h5-7,20H,8H2,1-4H3/b17-12-. The van der Waals surface area contributed by atoms with E-state index in [-0.39, 0.29) is 17.3 Å². The Balaban J connectivity index is 2.80. The highest BCUT2D eigenvalue weighted by Crippen LogP contribution is 2.16. The van der Waals surface area contributed by atoms with Gasteiger partial charge in [0, 0.05) is 13.6 Å². The van der Waals surface area contributed by atoms with Crippen molar-refractivity contribution in [2.45, 2.75) is 32.9 Å². The number of hydrogen-bond donors (Lipinski definition) is 1. The van der Waals surface area contributed by atoms with Gasteiger partial charge in [-0.2, -0.15) is 0 Å². The second kappa shape index (κ2) is 6.76. The lowest BCUT2D eigenvalue weighted by molar-refractivity contribution is 0.0285. The Morgan fingerprint density at radius 1 is 1.48 bits per heavy atom. The van der Waals surface area contributed by atoms with Crippen molar-refractivity contribution in [3.63, 3.8) is 0 Å². The fraction of sp³-hybridized carbons (Fsp3) is 0.429. The maximum atomic E-state index is 13.8. The maximum Gasteiger partial charge on any atom is 0.410 e. The van der Waals surface area contributed by atoms with E-state index in [1.54, 1.807) is 33.9 Å². The Kier molecular flexibility index (Phi) is 5.54. The van der Waals surface area contributed by atoms with Crippen molar-refractivity contribution in [1.29, 1.82) is 0 Å². The number of oxime groups is 1. The highest BCUT2D eigenvalue weighted by molar-refractivity contribution is 6.69. The van der Waals surface area contributed by atoms with Crippen molar-refractivity contribution >= 4 is 22.9 Å². The second-order valence-electron chi connectivity index (χ2n) is 5.54. The molecule has 1 aromatic rings. The molecule has 0 saturated heterocycles. The summed E-state index contributed by atoms with van der Waals surface area (Å²) < 4.78 is 19.0. The molecule has 0 spiro atoms. The molecule has 5 nitrogen and oxygen atoms in total. The number of amides is 1. The van der Waals surface area contributed by atoms with Crippen LogP contribution in [0.1, 0.15) is 31.9 Å². The molecule has 0 bridgehead atoms. The second-order valence-corrected chi connectivity index (χ2v) is 5.90. The Bertz CT molecular complexity index is 556. The van der Waals surface area contributed by atoms with Crippen molar-refractivity contribution in [3.8, 4) is 0 Å². The first-order valence-electron chi connectivity index (χ1n) is 6.24. The number of carbonyl (C=O) groups excluding carboxylic acids is 1. The van der Waals surface area contributed by atoms with Gasteiger partial charge < -0.3 is 14.8 Å². The summed E-state index contributed by atoms with van der Waals surface area (Å²) in [6.07, 6.45) is -0.498. The minimum Gasteiger partial charge on any atom is -0.444 e. The van der Waals surface area contributed by atoms with Gasteiger partial charge in [0.25, 0.3) is 0 Å². The SMILES string of the molecule is CN(Cc1ccc(/C(Cl)=N/O)c(F)c1)C(=O)OC(C)(C)C. The number of carbonyl (C=O) groups is 1. The highest BCUT2D eigenvalue weighted by Gasteiger charge is 2.20. The van der Waals surface area contributed by atoms with Gasteiger partial charge in [0.2, 0.25) is 0 Å². The molecule has 0 saturated carbocycles. The summed E-state index contributed by atoms with van der Waals surface area (Å²) in [6.45, 7) is 5.48. The van der Waals surface area contributed by atoms with Crippen molar-refractivity contribution in [1.82, 2.24) is 4.90 Å². The summed E-state index contributed by atoms with van der Waals surface area (Å²) in [5, 5.41) is 10.9. The molecule has 1 rings (SSSR count). The third-order valence-electron chi connectivity index (χ3n) is 2.47. The Hall–Kier alpha value is -1.82. The zero-order chi connectivity index (χ0) is 16.2. The predicted molar refractivity (Wildman–Crippen MR) is 78.3 cm³/mol. The summed E-state index contributed by atoms with van der Waals surface area (Å²) in [6, 6.07) is 4.20. The number of rotatable bonds is 3. The number of benzene rings is 1. The Morgan fingerprint density at radius 2 is 2.10 bits per heavy atom. The molecule has 116 valence electrons. The van der Waals surface area contributed by atoms with Gasteiger partial charge in [-0.25, -0.2) is 9.18 Å². The molecule has 21 heavy (non-hydrogen) atoms. The fourth-order valence-corrected chi connectivity index (χ4v) is 1.71. The molecule has 0 aliphatic heterocycles. The van der Waals surface area contributed by atoms with E-state index in [1.807, 2.05) is 0 Å². The van der Waals surface area contributed by atoms with Crippen LogP contribution in [0.2, 0.25) is 0 Å². The molecule has 1 N–H and O–H groups in total. The van der Waals surface area contributed by atoms with E-state index in [0.29, 0.717) is 5.56 Å². The molecule has 0 atom stereocenters. The van der Waals surface area contributed by atoms with Crippen LogP contribution in [0, 0.1) is 5.82 Å². The van der Waals surface area contributed by atoms with Crippen LogP contribution in [0.15, 0.2) is 23.4 Å². The van der Waals surface area contributed by atoms with Crippen LogP contribution in [-0.2, 0) is 11.3 Å². The molecular formula is C14H18ClFN2O3. The first-order valence-corrected chi connectivity index (χ1v) is 6.62. The topological polar surface area (TPSA) is 62.1 Å². The van der Waals surface area contributed by atoms with Gasteiger partial charge >= 0.3 is 6.09 Å². The molecular weight excluding hydrogens is 299 g/mol. The summed E-state index contributed by atoms with van der Waals surface area (Å²) in [5.74, 6) is -0.632. The van der Waals surface area contributed by atoms with E-state index in [1.165, 1.54) is 17.0 Å². The summed E-state index contributed by atoms with van der Waals surface area (Å²) in [7, 11) is 1.56. The van der Waals surface area contributed by atoms with E-state index in [0.717, 1.165) is 0 Å². The summed E-state index contributed by atoms with van der Waals surface area (Å²) in [4.78, 5) is 13.1. The molecule has 0 aliphatic rings. The monoisotopic (exact) mass is 316 g/mol. The van der Waals surface area contributed by atoms with Gasteiger partial charge in [0.05, 0.1) is 5.56 Å². The van der Waals surface area contributed by atoms with Crippen LogP contribution in [0.3, 0.4) is 0 Å². The molecule has 0 aliphatic carbocycles. The summed E-state index contributed by atoms with van der Waals surface area (Å²) >= 11 is 5.55. The number of hydrogen-bond acceptors (Lipinski definition) is 4. The number of halogens is 2. The van der Waals surface area contributed by atoms with E-state index >= 15 is 0 Å². The number of nitrogens with zero attached hydrogens (tertiary/aromatic N) is 2. The highest BCUT2D eigenvalue weighted by atomic mass is 35.5. The smallest absolute Gasteiger partial charge is 0.410 e. The maximum absolute atomic E-state index is 13.8. The lowest BCUT2D eigenvalue weighted by atomic mass is 10.1. The largest absolute Gasteiger partial charge is 0.444 e. The van der Waals surface area contributed by atoms with Crippen molar-refractivity contribution in [2.24, 2.45) is 5.16 Å². The van der Waals surface area contributed by atoms with Crippen LogP contribution < -0.4 is 0 Å². The van der Waals surface area contributed by atoms with Gasteiger partial charge in [-0.1, -0.05) is 22.8 Å². The minimum absolute atomic E-state index is 0.0113. The van der Waals surface area contributed by atoms with Gasteiger partial charge in [0.1, 0.15) is 11.4 Å². The molecule has 7 heteroatoms. The quantitative estimate of drug-likeness (QED) is 0.527. The van der Waals surface area contributed by atoms with Crippen LogP contribution in [0.25, 0.3) is 0 Å². The van der Waals surface area contributed by atoms with E-state index in [2.05, 4.69) is 5.16 Å². The fourth-order valence-electron chi connectivity index (χ4n) is 1.56. The molecule has 0 unspecified atom stereocenters. The molecule has 1 aromatic carbocycles. The summed E-state index contributed by atoms with van der Waals surface area (Å²) in [5.41, 5.74) is -0.0409. The normalized spacial score (nSPS) is 12.2. The Morgan fingerprint density at radius 3 is 2.57 bits per heavy atom. The molecule has 0 heterocycles. The van der Waals surface area contributed by atoms with Crippen molar-refractivity contribution in [2.75, 3.05) is 7.05 Å². The predicted octanol–water partition coefficient (Wildman–Crippen LogP) is 3.57. The van der Waals surface area contributed by atoms with Crippen LogP contribution in [0.5, 0.6) is 0 Å². The van der Waals surface area contributed by atoms with Crippen molar-refractivity contribution in [3.05, 3.63) is 35.1 Å². The van der Waals surface area contributed by atoms with Gasteiger partial charge in [0.15, 0.2) is 5.17 Å². The van der Waals surface area contributed by atoms with Gasteiger partial charge in [-0.15, -0.1) is 0 Å². The number of ether oxygens (including phenoxy) is 1. The first kappa shape index (κ1) is 17.2. The third kappa shape index (κ3) is 5.23. The lowest BCUT2D eigenvalue weighted by Crippen LogP contribution is -2.33. The molecule has 1 amide bonds. The van der Waals surface area contributed by atoms with E-state index < -0.39 is 17.5 Å². The average Bonchev–Trinajstić information content (AvgIpc) is 2.36. The first-order chi connectivity index (χ1) is 9.64. The minimum atomic E-state index is -0.632. The molecule has 0 aromatic heterocycles. The zero-order valence-electron chi connectivity index (χ0n) is 12.4. The van der Waals surface area contributed by atoms with Gasteiger partial charge in [-0.05, 0) is 38.5 Å². The van der Waals surface area contributed by atoms with Crippen LogP contribution in [-0.4, -0.2) is 34.0 Å². The lowest BCUT2D eigenvalue weighted by Gasteiger charge is -2.24. The molecule has 0 radical (unpaired) electrons. The van der Waals surface area contributed by atoms with E-state index in [9.17, 15) is 9.18 Å². The van der Waals surface area contributed by atoms with Gasteiger partial charge in [-0.3, -0.25) is 0 Å². The zero-order valence-corrected chi connectivity index (χ0v) is 13.1. The van der Waals surface area contributed by atoms with Crippen molar-refractivity contribution < 1.29 is 19.1 Å².